The molecule has 2 atom stereocenters. The van der Waals surface area contributed by atoms with Crippen molar-refractivity contribution in [2.45, 2.75) is 44.8 Å². The van der Waals surface area contributed by atoms with Gasteiger partial charge in [-0.25, -0.2) is 4.79 Å². The molecule has 1 aliphatic heterocycles. The molecule has 1 saturated carbocycles. The molecule has 5 heteroatoms. The second kappa shape index (κ2) is 6.49. The topological polar surface area (TPSA) is 70.0 Å². The lowest BCUT2D eigenvalue weighted by atomic mass is 9.76. The van der Waals surface area contributed by atoms with E-state index in [1.807, 2.05) is 0 Å². The van der Waals surface area contributed by atoms with Crippen LogP contribution in [0.25, 0.3) is 0 Å². The Morgan fingerprint density at radius 1 is 1.39 bits per heavy atom. The van der Waals surface area contributed by atoms with Gasteiger partial charge in [-0.05, 0) is 50.4 Å². The number of hydrogen-bond acceptors (Lipinski definition) is 4. The minimum Gasteiger partial charge on any atom is -0.496 e. The Labute approximate surface area is 136 Å². The molecule has 2 N–H and O–H groups in total. The van der Waals surface area contributed by atoms with Gasteiger partial charge in [-0.2, -0.15) is 0 Å². The fourth-order valence-electron chi connectivity index (χ4n) is 4.27. The molecule has 23 heavy (non-hydrogen) atoms. The van der Waals surface area contributed by atoms with Crippen LogP contribution in [0.1, 0.15) is 48.0 Å². The molecule has 1 heterocycles. The van der Waals surface area contributed by atoms with Gasteiger partial charge >= 0.3 is 5.97 Å². The molecule has 1 aromatic rings. The van der Waals surface area contributed by atoms with E-state index in [-0.39, 0.29) is 17.1 Å². The van der Waals surface area contributed by atoms with Gasteiger partial charge in [0.1, 0.15) is 5.75 Å². The van der Waals surface area contributed by atoms with Gasteiger partial charge in [0.2, 0.25) is 0 Å². The van der Waals surface area contributed by atoms with Gasteiger partial charge in [-0.1, -0.05) is 6.42 Å². The minimum atomic E-state index is -0.921. The van der Waals surface area contributed by atoms with E-state index in [1.54, 1.807) is 25.3 Å². The molecule has 2 aliphatic rings. The summed E-state index contributed by atoms with van der Waals surface area (Å²) in [6.07, 6.45) is 5.09. The van der Waals surface area contributed by atoms with E-state index in [4.69, 9.17) is 4.74 Å². The van der Waals surface area contributed by atoms with Gasteiger partial charge in [0.15, 0.2) is 0 Å². The monoisotopic (exact) mass is 319 g/mol. The number of ether oxygens (including phenoxy) is 1. The predicted molar refractivity (Wildman–Crippen MR) is 86.8 cm³/mol. The van der Waals surface area contributed by atoms with Crippen LogP contribution in [0.4, 0.5) is 0 Å². The van der Waals surface area contributed by atoms with Gasteiger partial charge in [0.05, 0.1) is 18.8 Å². The highest BCUT2D eigenvalue weighted by Crippen LogP contribution is 2.45. The lowest BCUT2D eigenvalue weighted by Gasteiger charge is -2.42. The number of methoxy groups -OCH3 is 1. The van der Waals surface area contributed by atoms with Crippen molar-refractivity contribution < 1.29 is 19.7 Å². The second-order valence-electron chi connectivity index (χ2n) is 6.92. The summed E-state index contributed by atoms with van der Waals surface area (Å²) in [5.41, 5.74) is 1.22. The van der Waals surface area contributed by atoms with Crippen molar-refractivity contribution in [2.75, 3.05) is 20.2 Å². The number of rotatable bonds is 4. The molecule has 0 radical (unpaired) electrons. The zero-order chi connectivity index (χ0) is 16.4. The summed E-state index contributed by atoms with van der Waals surface area (Å²) in [7, 11) is 1.61. The largest absolute Gasteiger partial charge is 0.496 e. The molecule has 0 bridgehead atoms. The predicted octanol–water partition coefficient (Wildman–Crippen LogP) is 2.52. The Morgan fingerprint density at radius 2 is 2.17 bits per heavy atom. The summed E-state index contributed by atoms with van der Waals surface area (Å²) >= 11 is 0. The molecule has 1 aromatic carbocycles. The number of likely N-dealkylation sites (tertiary alicyclic amines) is 1. The third-order valence-electron chi connectivity index (χ3n) is 5.47. The highest BCUT2D eigenvalue weighted by atomic mass is 16.5. The number of piperidine rings is 1. The second-order valence-corrected chi connectivity index (χ2v) is 6.92. The van der Waals surface area contributed by atoms with Crippen LogP contribution >= 0.6 is 0 Å². The van der Waals surface area contributed by atoms with Crippen LogP contribution in [0.5, 0.6) is 5.75 Å². The molecular weight excluding hydrogens is 294 g/mol. The third kappa shape index (κ3) is 3.21. The van der Waals surface area contributed by atoms with Gasteiger partial charge < -0.3 is 14.9 Å². The lowest BCUT2D eigenvalue weighted by molar-refractivity contribution is -0.0121. The summed E-state index contributed by atoms with van der Waals surface area (Å²) in [4.78, 5) is 13.5. The Morgan fingerprint density at radius 3 is 2.83 bits per heavy atom. The number of nitrogens with zero attached hydrogens (tertiary/aromatic N) is 1. The first-order chi connectivity index (χ1) is 11.0. The summed E-state index contributed by atoms with van der Waals surface area (Å²) in [5.74, 6) is -0.197. The highest BCUT2D eigenvalue weighted by Gasteiger charge is 2.44. The molecule has 1 aliphatic carbocycles. The maximum Gasteiger partial charge on any atom is 0.335 e. The fraction of sp³-hybridized carbons (Fsp3) is 0.611. The Kier molecular flexibility index (Phi) is 4.60. The number of aromatic carboxylic acids is 1. The average molecular weight is 319 g/mol. The molecule has 5 nitrogen and oxygen atoms in total. The molecule has 126 valence electrons. The first-order valence-electron chi connectivity index (χ1n) is 8.35. The molecule has 0 amide bonds. The Balaban J connectivity index is 1.78. The number of hydrogen-bond donors (Lipinski definition) is 2. The van der Waals surface area contributed by atoms with Crippen molar-refractivity contribution in [3.63, 3.8) is 0 Å². The van der Waals surface area contributed by atoms with Crippen LogP contribution in [0.15, 0.2) is 18.2 Å². The van der Waals surface area contributed by atoms with E-state index < -0.39 is 5.97 Å². The number of benzene rings is 1. The highest BCUT2D eigenvalue weighted by molar-refractivity contribution is 5.88. The summed E-state index contributed by atoms with van der Waals surface area (Å²) < 4.78 is 5.39. The quantitative estimate of drug-likeness (QED) is 0.892. The molecule has 2 fully saturated rings. The summed E-state index contributed by atoms with van der Waals surface area (Å²) in [6.45, 7) is 2.53. The van der Waals surface area contributed by atoms with Crippen molar-refractivity contribution in [3.05, 3.63) is 29.3 Å². The molecule has 1 spiro atoms. The maximum atomic E-state index is 11.2. The van der Waals surface area contributed by atoms with Crippen molar-refractivity contribution >= 4 is 5.97 Å². The number of carboxylic acid groups (broad SMARTS) is 1. The SMILES string of the molecule is COc1ccc(C(=O)O)cc1CN1CCC[C@]2(CCC[C@H]2O)C1. The van der Waals surface area contributed by atoms with E-state index >= 15 is 0 Å². The van der Waals surface area contributed by atoms with Gasteiger partial charge in [0, 0.05) is 24.1 Å². The lowest BCUT2D eigenvalue weighted by Crippen LogP contribution is -2.46. The van der Waals surface area contributed by atoms with Gasteiger partial charge in [-0.15, -0.1) is 0 Å². The van der Waals surface area contributed by atoms with Crippen molar-refractivity contribution in [1.82, 2.24) is 4.90 Å². The average Bonchev–Trinajstić information content (AvgIpc) is 2.87. The van der Waals surface area contributed by atoms with Crippen LogP contribution in [-0.4, -0.2) is 47.4 Å². The zero-order valence-corrected chi connectivity index (χ0v) is 13.6. The van der Waals surface area contributed by atoms with Crippen molar-refractivity contribution in [3.8, 4) is 5.75 Å². The number of aliphatic hydroxyl groups excluding tert-OH is 1. The first-order valence-corrected chi connectivity index (χ1v) is 8.35. The first kappa shape index (κ1) is 16.3. The van der Waals surface area contributed by atoms with E-state index in [0.29, 0.717) is 6.54 Å². The zero-order valence-electron chi connectivity index (χ0n) is 13.6. The number of carbonyl (C=O) groups is 1. The fourth-order valence-corrected chi connectivity index (χ4v) is 4.27. The van der Waals surface area contributed by atoms with Crippen LogP contribution in [-0.2, 0) is 6.54 Å². The molecule has 3 rings (SSSR count). The summed E-state index contributed by atoms with van der Waals surface area (Å²) in [5, 5.41) is 19.6. The van der Waals surface area contributed by atoms with Gasteiger partial charge in [0.25, 0.3) is 0 Å². The van der Waals surface area contributed by atoms with E-state index in [2.05, 4.69) is 4.90 Å². The molecular formula is C18H25NO4. The van der Waals surface area contributed by atoms with Crippen LogP contribution in [0, 0.1) is 5.41 Å². The Bertz CT molecular complexity index is 588. The summed E-state index contributed by atoms with van der Waals surface area (Å²) in [6, 6.07) is 5.00. The Hall–Kier alpha value is -1.59. The van der Waals surface area contributed by atoms with Gasteiger partial charge in [-0.3, -0.25) is 4.90 Å². The van der Waals surface area contributed by atoms with E-state index in [0.717, 1.165) is 56.5 Å². The minimum absolute atomic E-state index is 0.0376. The normalized spacial score (nSPS) is 28.2. The molecule has 0 unspecified atom stereocenters. The molecule has 0 aromatic heterocycles. The number of carboxylic acids is 1. The van der Waals surface area contributed by atoms with Crippen LogP contribution in [0.2, 0.25) is 0 Å². The third-order valence-corrected chi connectivity index (χ3v) is 5.47. The van der Waals surface area contributed by atoms with Crippen LogP contribution in [0.3, 0.4) is 0 Å². The van der Waals surface area contributed by atoms with Crippen LogP contribution < -0.4 is 4.74 Å². The van der Waals surface area contributed by atoms with E-state index in [1.165, 1.54) is 0 Å². The standard InChI is InChI=1S/C18H25NO4/c1-23-15-6-5-13(17(21)22)10-14(15)11-19-9-3-8-18(12-19)7-2-4-16(18)20/h5-6,10,16,20H,2-4,7-9,11-12H2,1H3,(H,21,22)/t16-,18-/m1/s1. The number of aliphatic hydroxyl groups is 1. The smallest absolute Gasteiger partial charge is 0.335 e. The van der Waals surface area contributed by atoms with Crippen molar-refractivity contribution in [1.29, 1.82) is 0 Å². The molecule has 1 saturated heterocycles. The maximum absolute atomic E-state index is 11.2. The van der Waals surface area contributed by atoms with E-state index in [9.17, 15) is 15.0 Å². The van der Waals surface area contributed by atoms with Crippen molar-refractivity contribution in [2.24, 2.45) is 5.41 Å².